The number of hydrogen-bond donors (Lipinski definition) is 0. The predicted octanol–water partition coefficient (Wildman–Crippen LogP) is 3.69. The van der Waals surface area contributed by atoms with E-state index in [1.54, 1.807) is 12.1 Å². The van der Waals surface area contributed by atoms with Crippen molar-refractivity contribution in [2.24, 2.45) is 0 Å². The zero-order chi connectivity index (χ0) is 17.8. The lowest BCUT2D eigenvalue weighted by molar-refractivity contribution is 0.137. The SMILES string of the molecule is FC(F)c1nnc2ccc(N3CCn4c(cc5ccc(Cl)cc54)C3)nn12. The predicted molar refractivity (Wildman–Crippen MR) is 93.7 cm³/mol. The van der Waals surface area contributed by atoms with Crippen LogP contribution in [0.4, 0.5) is 14.6 Å². The molecule has 5 rings (SSSR count). The summed E-state index contributed by atoms with van der Waals surface area (Å²) in [5.74, 6) is 0.177. The third-order valence-electron chi connectivity index (χ3n) is 4.69. The molecule has 0 amide bonds. The van der Waals surface area contributed by atoms with E-state index >= 15 is 0 Å². The normalized spacial score (nSPS) is 14.5. The van der Waals surface area contributed by atoms with Crippen molar-refractivity contribution in [1.29, 1.82) is 0 Å². The molecule has 1 aliphatic rings. The molecule has 6 nitrogen and oxygen atoms in total. The molecule has 0 unspecified atom stereocenters. The molecular formula is C17H13ClF2N6. The summed E-state index contributed by atoms with van der Waals surface area (Å²) in [4.78, 5) is 2.06. The third-order valence-corrected chi connectivity index (χ3v) is 4.93. The number of hydrogen-bond acceptors (Lipinski definition) is 4. The molecule has 0 radical (unpaired) electrons. The van der Waals surface area contributed by atoms with Crippen LogP contribution < -0.4 is 4.90 Å². The van der Waals surface area contributed by atoms with Crippen LogP contribution in [0.3, 0.4) is 0 Å². The summed E-state index contributed by atoms with van der Waals surface area (Å²) >= 11 is 6.12. The second-order valence-electron chi connectivity index (χ2n) is 6.23. The molecule has 0 spiro atoms. The molecule has 0 fully saturated rings. The first-order valence-corrected chi connectivity index (χ1v) is 8.51. The zero-order valence-electron chi connectivity index (χ0n) is 13.5. The number of fused-ring (bicyclic) bond motifs is 4. The van der Waals surface area contributed by atoms with E-state index in [2.05, 4.69) is 30.8 Å². The fraction of sp³-hybridized carbons (Fsp3) is 0.235. The largest absolute Gasteiger partial charge is 0.348 e. The second kappa shape index (κ2) is 5.63. The summed E-state index contributed by atoms with van der Waals surface area (Å²) in [5.41, 5.74) is 2.55. The van der Waals surface area contributed by atoms with Gasteiger partial charge in [-0.25, -0.2) is 8.78 Å². The van der Waals surface area contributed by atoms with Crippen molar-refractivity contribution in [3.05, 3.63) is 52.9 Å². The molecule has 0 saturated heterocycles. The molecule has 26 heavy (non-hydrogen) atoms. The number of nitrogens with zero attached hydrogens (tertiary/aromatic N) is 6. The minimum atomic E-state index is -2.72. The van der Waals surface area contributed by atoms with Crippen LogP contribution in [0.15, 0.2) is 36.4 Å². The molecule has 9 heteroatoms. The van der Waals surface area contributed by atoms with E-state index < -0.39 is 12.2 Å². The summed E-state index contributed by atoms with van der Waals surface area (Å²) in [5, 5.41) is 13.4. The standard InChI is InChI=1S/C17H13ClF2N6/c18-11-2-1-10-7-12-9-24(5-6-25(12)13(10)8-11)15-4-3-14-21-22-17(16(19)20)26(14)23-15/h1-4,7-8,16H,5-6,9H2. The summed E-state index contributed by atoms with van der Waals surface area (Å²) < 4.78 is 29.5. The van der Waals surface area contributed by atoms with Crippen LogP contribution in [0.2, 0.25) is 5.02 Å². The molecule has 1 aliphatic heterocycles. The van der Waals surface area contributed by atoms with Gasteiger partial charge >= 0.3 is 0 Å². The van der Waals surface area contributed by atoms with Crippen LogP contribution >= 0.6 is 11.6 Å². The molecule has 1 aromatic carbocycles. The molecule has 0 aliphatic carbocycles. The first-order valence-electron chi connectivity index (χ1n) is 8.13. The topological polar surface area (TPSA) is 51.2 Å². The van der Waals surface area contributed by atoms with E-state index in [0.717, 1.165) is 27.7 Å². The minimum Gasteiger partial charge on any atom is -0.348 e. The van der Waals surface area contributed by atoms with Crippen LogP contribution in [-0.4, -0.2) is 30.9 Å². The Kier molecular flexibility index (Phi) is 3.36. The second-order valence-corrected chi connectivity index (χ2v) is 6.67. The highest BCUT2D eigenvalue weighted by Crippen LogP contribution is 2.28. The van der Waals surface area contributed by atoms with Crippen LogP contribution in [0, 0.1) is 0 Å². The molecule has 0 N–H and O–H groups in total. The highest BCUT2D eigenvalue weighted by Gasteiger charge is 2.22. The summed E-state index contributed by atoms with van der Waals surface area (Å²) in [7, 11) is 0. The number of aromatic nitrogens is 5. The lowest BCUT2D eigenvalue weighted by Gasteiger charge is -2.29. The maximum atomic E-state index is 13.1. The molecule has 4 heterocycles. The van der Waals surface area contributed by atoms with Crippen molar-refractivity contribution in [2.75, 3.05) is 11.4 Å². The first-order chi connectivity index (χ1) is 12.6. The molecule has 0 saturated carbocycles. The Balaban J connectivity index is 1.53. The average Bonchev–Trinajstić information content (AvgIpc) is 3.21. The Labute approximate surface area is 151 Å². The van der Waals surface area contributed by atoms with E-state index in [9.17, 15) is 8.78 Å². The highest BCUT2D eigenvalue weighted by atomic mass is 35.5. The van der Waals surface area contributed by atoms with E-state index in [0.29, 0.717) is 29.6 Å². The summed E-state index contributed by atoms with van der Waals surface area (Å²) in [6.45, 7) is 2.12. The Morgan fingerprint density at radius 1 is 1.04 bits per heavy atom. The van der Waals surface area contributed by atoms with Crippen molar-refractivity contribution >= 4 is 34.0 Å². The number of halogens is 3. The van der Waals surface area contributed by atoms with E-state index in [-0.39, 0.29) is 0 Å². The van der Waals surface area contributed by atoms with Crippen molar-refractivity contribution < 1.29 is 8.78 Å². The highest BCUT2D eigenvalue weighted by molar-refractivity contribution is 6.31. The fourth-order valence-corrected chi connectivity index (χ4v) is 3.64. The van der Waals surface area contributed by atoms with Gasteiger partial charge in [-0.15, -0.1) is 15.3 Å². The van der Waals surface area contributed by atoms with Gasteiger partial charge in [0.1, 0.15) is 5.82 Å². The maximum absolute atomic E-state index is 13.1. The quantitative estimate of drug-likeness (QED) is 0.537. The van der Waals surface area contributed by atoms with Gasteiger partial charge in [-0.3, -0.25) is 0 Å². The number of anilines is 1. The summed E-state index contributed by atoms with van der Waals surface area (Å²) in [6.07, 6.45) is -2.72. The minimum absolute atomic E-state index is 0.310. The van der Waals surface area contributed by atoms with Crippen LogP contribution in [0.1, 0.15) is 17.9 Å². The number of rotatable bonds is 2. The first kappa shape index (κ1) is 15.5. The average molecular weight is 375 g/mol. The Bertz CT molecular complexity index is 1140. The van der Waals surface area contributed by atoms with Gasteiger partial charge in [0.15, 0.2) is 5.65 Å². The van der Waals surface area contributed by atoms with Gasteiger partial charge in [0.25, 0.3) is 6.43 Å². The van der Waals surface area contributed by atoms with Gasteiger partial charge in [0, 0.05) is 34.7 Å². The van der Waals surface area contributed by atoms with Gasteiger partial charge in [0.05, 0.1) is 6.54 Å². The van der Waals surface area contributed by atoms with Gasteiger partial charge in [-0.05, 0) is 30.3 Å². The van der Waals surface area contributed by atoms with Crippen molar-refractivity contribution in [3.63, 3.8) is 0 Å². The monoisotopic (exact) mass is 374 g/mol. The maximum Gasteiger partial charge on any atom is 0.299 e. The van der Waals surface area contributed by atoms with Gasteiger partial charge in [0.2, 0.25) is 5.82 Å². The molecular weight excluding hydrogens is 362 g/mol. The van der Waals surface area contributed by atoms with Crippen LogP contribution in [0.5, 0.6) is 0 Å². The molecule has 4 aromatic rings. The third kappa shape index (κ3) is 2.33. The molecule has 0 atom stereocenters. The van der Waals surface area contributed by atoms with Gasteiger partial charge < -0.3 is 9.47 Å². The smallest absolute Gasteiger partial charge is 0.299 e. The molecule has 3 aromatic heterocycles. The fourth-order valence-electron chi connectivity index (χ4n) is 3.47. The lowest BCUT2D eigenvalue weighted by Crippen LogP contribution is -2.34. The Morgan fingerprint density at radius 3 is 2.77 bits per heavy atom. The van der Waals surface area contributed by atoms with Gasteiger partial charge in [-0.2, -0.15) is 4.52 Å². The van der Waals surface area contributed by atoms with Crippen molar-refractivity contribution in [1.82, 2.24) is 24.4 Å². The Morgan fingerprint density at radius 2 is 1.92 bits per heavy atom. The van der Waals surface area contributed by atoms with Crippen LogP contribution in [-0.2, 0) is 13.1 Å². The number of benzene rings is 1. The van der Waals surface area contributed by atoms with Gasteiger partial charge in [-0.1, -0.05) is 17.7 Å². The summed E-state index contributed by atoms with van der Waals surface area (Å²) in [6, 6.07) is 11.4. The van der Waals surface area contributed by atoms with Crippen molar-refractivity contribution in [3.8, 4) is 0 Å². The molecule has 0 bridgehead atoms. The van der Waals surface area contributed by atoms with E-state index in [1.807, 2.05) is 18.2 Å². The van der Waals surface area contributed by atoms with E-state index in [4.69, 9.17) is 11.6 Å². The molecule has 132 valence electrons. The van der Waals surface area contributed by atoms with Crippen molar-refractivity contribution in [2.45, 2.75) is 19.5 Å². The van der Waals surface area contributed by atoms with E-state index in [1.165, 1.54) is 0 Å². The lowest BCUT2D eigenvalue weighted by atomic mass is 10.2. The Hall–Kier alpha value is -2.74. The number of alkyl halides is 2. The zero-order valence-corrected chi connectivity index (χ0v) is 14.2. The van der Waals surface area contributed by atoms with Crippen LogP contribution in [0.25, 0.3) is 16.6 Å².